The average molecular weight is 321 g/mol. The molecule has 0 saturated carbocycles. The van der Waals surface area contributed by atoms with E-state index in [2.05, 4.69) is 15.5 Å². The summed E-state index contributed by atoms with van der Waals surface area (Å²) in [6, 6.07) is 3.35. The van der Waals surface area contributed by atoms with Crippen LogP contribution in [0.3, 0.4) is 0 Å². The van der Waals surface area contributed by atoms with E-state index in [0.29, 0.717) is 10.4 Å². The quantitative estimate of drug-likeness (QED) is 0.630. The van der Waals surface area contributed by atoms with Crippen LogP contribution in [0.25, 0.3) is 0 Å². The molecule has 7 nitrogen and oxygen atoms in total. The smallest absolute Gasteiger partial charge is 0.453 e. The van der Waals surface area contributed by atoms with Gasteiger partial charge in [-0.1, -0.05) is 11.8 Å². The average Bonchev–Trinajstić information content (AvgIpc) is 3.02. The number of halogens is 3. The van der Waals surface area contributed by atoms with Gasteiger partial charge in [0.25, 0.3) is 5.82 Å². The molecule has 0 saturated heterocycles. The van der Waals surface area contributed by atoms with Gasteiger partial charge in [0.15, 0.2) is 0 Å². The number of amides is 1. The highest BCUT2D eigenvalue weighted by Crippen LogP contribution is 2.28. The highest BCUT2D eigenvalue weighted by molar-refractivity contribution is 7.99. The Kier molecular flexibility index (Phi) is 4.40. The van der Waals surface area contributed by atoms with Crippen molar-refractivity contribution < 1.29 is 22.4 Å². The third kappa shape index (κ3) is 3.90. The van der Waals surface area contributed by atoms with E-state index in [1.807, 2.05) is 0 Å². The van der Waals surface area contributed by atoms with Crippen LogP contribution in [0.5, 0.6) is 0 Å². The summed E-state index contributed by atoms with van der Waals surface area (Å²) in [5, 5.41) is 8.58. The number of nitrogens with one attached hydrogen (secondary N) is 1. The number of carbonyl (C=O) groups excluding carboxylic acids is 1. The Morgan fingerprint density at radius 1 is 1.48 bits per heavy atom. The first kappa shape index (κ1) is 15.2. The molecule has 2 aromatic heterocycles. The molecule has 2 heterocycles. The first-order chi connectivity index (χ1) is 9.88. The minimum atomic E-state index is -4.69. The first-order valence-electron chi connectivity index (χ1n) is 5.57. The van der Waals surface area contributed by atoms with E-state index in [-0.39, 0.29) is 17.5 Å². The molecule has 114 valence electrons. The second-order valence-electron chi connectivity index (χ2n) is 3.82. The fraction of sp³-hybridized carbons (Fsp3) is 0.300. The summed E-state index contributed by atoms with van der Waals surface area (Å²) >= 11 is 0.751. The van der Waals surface area contributed by atoms with Crippen LogP contribution in [0.2, 0.25) is 0 Å². The lowest BCUT2D eigenvalue weighted by molar-refractivity contribution is -0.146. The molecule has 0 aliphatic heterocycles. The van der Waals surface area contributed by atoms with E-state index >= 15 is 0 Å². The Morgan fingerprint density at radius 2 is 2.24 bits per heavy atom. The molecule has 0 radical (unpaired) electrons. The van der Waals surface area contributed by atoms with Gasteiger partial charge in [0, 0.05) is 0 Å². The van der Waals surface area contributed by atoms with Gasteiger partial charge in [0.2, 0.25) is 11.1 Å². The maximum Gasteiger partial charge on any atom is 0.453 e. The zero-order valence-corrected chi connectivity index (χ0v) is 11.2. The summed E-state index contributed by atoms with van der Waals surface area (Å²) in [5.74, 6) is 3.94. The molecule has 0 bridgehead atoms. The molecule has 0 spiro atoms. The maximum absolute atomic E-state index is 12.4. The number of nitrogens with two attached hydrogens (primary N) is 1. The minimum absolute atomic E-state index is 0.145. The van der Waals surface area contributed by atoms with Gasteiger partial charge in [-0.05, 0) is 12.1 Å². The van der Waals surface area contributed by atoms with Crippen molar-refractivity contribution in [2.45, 2.75) is 17.9 Å². The molecule has 0 atom stereocenters. The number of hydrogen-bond donors (Lipinski definition) is 2. The second kappa shape index (κ2) is 6.08. The topological polar surface area (TPSA) is 99.0 Å². The molecular formula is C10H10F3N5O2S. The van der Waals surface area contributed by atoms with Crippen molar-refractivity contribution in [3.8, 4) is 0 Å². The normalized spacial score (nSPS) is 11.6. The monoisotopic (exact) mass is 321 g/mol. The maximum atomic E-state index is 12.4. The van der Waals surface area contributed by atoms with Gasteiger partial charge < -0.3 is 15.6 Å². The number of rotatable bonds is 5. The number of furan rings is 1. The molecule has 1 amide bonds. The van der Waals surface area contributed by atoms with Gasteiger partial charge in [-0.15, -0.1) is 10.2 Å². The summed E-state index contributed by atoms with van der Waals surface area (Å²) in [5.41, 5.74) is 0. The van der Waals surface area contributed by atoms with Crippen molar-refractivity contribution >= 4 is 17.7 Å². The van der Waals surface area contributed by atoms with E-state index in [1.54, 1.807) is 12.1 Å². The molecular weight excluding hydrogens is 311 g/mol. The number of thioether (sulfide) groups is 1. The number of aromatic nitrogens is 3. The summed E-state index contributed by atoms with van der Waals surface area (Å²) in [7, 11) is 0. The van der Waals surface area contributed by atoms with Gasteiger partial charge in [-0.25, -0.2) is 4.68 Å². The highest BCUT2D eigenvalue weighted by atomic mass is 32.2. The number of alkyl halides is 3. The van der Waals surface area contributed by atoms with Crippen molar-refractivity contribution in [1.29, 1.82) is 0 Å². The first-order valence-corrected chi connectivity index (χ1v) is 6.56. The van der Waals surface area contributed by atoms with Crippen LogP contribution in [0.4, 0.5) is 13.2 Å². The van der Waals surface area contributed by atoms with Crippen LogP contribution < -0.4 is 11.2 Å². The van der Waals surface area contributed by atoms with Crippen LogP contribution in [0, 0.1) is 0 Å². The summed E-state index contributed by atoms with van der Waals surface area (Å²) in [6.45, 7) is 0.190. The number of nitrogen functional groups attached to an aromatic ring is 1. The predicted octanol–water partition coefficient (Wildman–Crippen LogP) is 1.01. The summed E-state index contributed by atoms with van der Waals surface area (Å²) < 4.78 is 42.6. The fourth-order valence-corrected chi connectivity index (χ4v) is 2.04. The van der Waals surface area contributed by atoms with E-state index in [9.17, 15) is 18.0 Å². The van der Waals surface area contributed by atoms with Crippen LogP contribution in [0.1, 0.15) is 11.6 Å². The molecule has 0 fully saturated rings. The third-order valence-electron chi connectivity index (χ3n) is 2.29. The Bertz CT molecular complexity index is 611. The molecule has 21 heavy (non-hydrogen) atoms. The third-order valence-corrected chi connectivity index (χ3v) is 3.23. The Morgan fingerprint density at radius 3 is 2.81 bits per heavy atom. The van der Waals surface area contributed by atoms with Crippen LogP contribution >= 0.6 is 11.8 Å². The van der Waals surface area contributed by atoms with Crippen LogP contribution in [-0.4, -0.2) is 26.5 Å². The van der Waals surface area contributed by atoms with Gasteiger partial charge in [0.05, 0.1) is 18.6 Å². The highest BCUT2D eigenvalue weighted by Gasteiger charge is 2.38. The Balaban J connectivity index is 1.85. The Hall–Kier alpha value is -2.17. The SMILES string of the molecule is Nn1c(SCC(=O)NCc2ccco2)nnc1C(F)(F)F. The van der Waals surface area contributed by atoms with E-state index < -0.39 is 17.9 Å². The van der Waals surface area contributed by atoms with Crippen LogP contribution in [-0.2, 0) is 17.5 Å². The van der Waals surface area contributed by atoms with Gasteiger partial charge in [-0.3, -0.25) is 4.79 Å². The molecule has 0 aliphatic rings. The zero-order valence-electron chi connectivity index (χ0n) is 10.4. The second-order valence-corrected chi connectivity index (χ2v) is 4.76. The van der Waals surface area contributed by atoms with Crippen molar-refractivity contribution in [2.75, 3.05) is 11.6 Å². The molecule has 0 aromatic carbocycles. The van der Waals surface area contributed by atoms with Crippen LogP contribution in [0.15, 0.2) is 28.0 Å². The summed E-state index contributed by atoms with van der Waals surface area (Å²) in [4.78, 5) is 11.5. The largest absolute Gasteiger partial charge is 0.467 e. The fourth-order valence-electron chi connectivity index (χ4n) is 1.35. The Labute approximate surface area is 120 Å². The standard InChI is InChI=1S/C10H10F3N5O2S/c11-10(12,13)8-16-17-9(18(8)14)21-5-7(19)15-4-6-2-1-3-20-6/h1-3H,4-5,14H2,(H,15,19). The van der Waals surface area contributed by atoms with Crippen molar-refractivity contribution in [2.24, 2.45) is 0 Å². The zero-order chi connectivity index (χ0) is 15.5. The summed E-state index contributed by atoms with van der Waals surface area (Å²) in [6.07, 6.45) is -3.23. The molecule has 0 unspecified atom stereocenters. The molecule has 0 aliphatic carbocycles. The lowest BCUT2D eigenvalue weighted by Gasteiger charge is -2.06. The van der Waals surface area contributed by atoms with Crippen molar-refractivity contribution in [1.82, 2.24) is 20.2 Å². The van der Waals surface area contributed by atoms with E-state index in [0.717, 1.165) is 11.8 Å². The van der Waals surface area contributed by atoms with Gasteiger partial charge in [0.1, 0.15) is 5.76 Å². The van der Waals surface area contributed by atoms with Crippen molar-refractivity contribution in [3.05, 3.63) is 30.0 Å². The van der Waals surface area contributed by atoms with E-state index in [4.69, 9.17) is 10.3 Å². The molecule has 2 aromatic rings. The molecule has 11 heteroatoms. The minimum Gasteiger partial charge on any atom is -0.467 e. The molecule has 3 N–H and O–H groups in total. The predicted molar refractivity (Wildman–Crippen MR) is 66.5 cm³/mol. The molecule has 2 rings (SSSR count). The van der Waals surface area contributed by atoms with Gasteiger partial charge in [-0.2, -0.15) is 13.2 Å². The van der Waals surface area contributed by atoms with Gasteiger partial charge >= 0.3 is 6.18 Å². The lowest BCUT2D eigenvalue weighted by Crippen LogP contribution is -2.25. The van der Waals surface area contributed by atoms with Crippen molar-refractivity contribution in [3.63, 3.8) is 0 Å². The number of hydrogen-bond acceptors (Lipinski definition) is 6. The van der Waals surface area contributed by atoms with E-state index in [1.165, 1.54) is 6.26 Å². The lowest BCUT2D eigenvalue weighted by atomic mass is 10.4. The number of nitrogens with zero attached hydrogens (tertiary/aromatic N) is 3. The number of carbonyl (C=O) groups is 1.